The molecule has 2 N–H and O–H groups in total. The van der Waals surface area contributed by atoms with Gasteiger partial charge in [-0.05, 0) is 68.2 Å². The second-order valence-electron chi connectivity index (χ2n) is 13.5. The van der Waals surface area contributed by atoms with Gasteiger partial charge in [0.25, 0.3) is 0 Å². The van der Waals surface area contributed by atoms with Crippen LogP contribution in [0.25, 0.3) is 0 Å². The summed E-state index contributed by atoms with van der Waals surface area (Å²) in [6.07, 6.45) is 18.5. The number of nitrogens with one attached hydrogen (secondary N) is 1. The molecule has 1 aliphatic carbocycles. The fraction of sp³-hybridized carbons (Fsp3) is 0.618. The van der Waals surface area contributed by atoms with E-state index in [9.17, 15) is 9.90 Å². The van der Waals surface area contributed by atoms with Crippen LogP contribution in [0.2, 0.25) is 0 Å². The SMILES string of the molecule is CCC1(N2CCC3(CC2)C[C@H](C(=O)O)N(Cc2ccc(CN(Cc4ncc[nH]4)Cc4nccn4C)cc2)C3)CCCCC1. The van der Waals surface area contributed by atoms with Crippen molar-refractivity contribution in [3.63, 3.8) is 0 Å². The molecule has 0 bridgehead atoms. The monoisotopic (exact) mass is 587 g/mol. The Morgan fingerprint density at radius 2 is 1.74 bits per heavy atom. The van der Waals surface area contributed by atoms with Crippen LogP contribution in [0.4, 0.5) is 0 Å². The number of hydrogen-bond donors (Lipinski definition) is 2. The first-order valence-electron chi connectivity index (χ1n) is 16.3. The Morgan fingerprint density at radius 3 is 2.37 bits per heavy atom. The Morgan fingerprint density at radius 1 is 1.00 bits per heavy atom. The van der Waals surface area contributed by atoms with E-state index < -0.39 is 12.0 Å². The molecule has 232 valence electrons. The first kappa shape index (κ1) is 30.0. The van der Waals surface area contributed by atoms with E-state index in [0.717, 1.165) is 63.6 Å². The van der Waals surface area contributed by atoms with Crippen LogP contribution >= 0.6 is 0 Å². The van der Waals surface area contributed by atoms with Crippen LogP contribution in [-0.4, -0.2) is 76.5 Å². The van der Waals surface area contributed by atoms with Crippen molar-refractivity contribution in [1.82, 2.24) is 34.2 Å². The van der Waals surface area contributed by atoms with Gasteiger partial charge in [0.05, 0.1) is 13.1 Å². The minimum absolute atomic E-state index is 0.125. The second-order valence-corrected chi connectivity index (χ2v) is 13.5. The van der Waals surface area contributed by atoms with Crippen molar-refractivity contribution in [2.45, 2.75) is 102 Å². The summed E-state index contributed by atoms with van der Waals surface area (Å²) in [6, 6.07) is 8.35. The first-order valence-corrected chi connectivity index (χ1v) is 16.3. The molecule has 3 fully saturated rings. The quantitative estimate of drug-likeness (QED) is 0.319. The summed E-state index contributed by atoms with van der Waals surface area (Å²) in [5, 5.41) is 10.2. The summed E-state index contributed by atoms with van der Waals surface area (Å²) in [6.45, 7) is 8.38. The zero-order chi connectivity index (χ0) is 29.9. The molecule has 1 saturated carbocycles. The van der Waals surface area contributed by atoms with E-state index >= 15 is 0 Å². The molecule has 0 unspecified atom stereocenters. The van der Waals surface area contributed by atoms with E-state index in [1.165, 1.54) is 49.7 Å². The lowest BCUT2D eigenvalue weighted by Gasteiger charge is -2.51. The van der Waals surface area contributed by atoms with Crippen molar-refractivity contribution in [2.75, 3.05) is 19.6 Å². The Kier molecular flexibility index (Phi) is 9.03. The predicted octanol–water partition coefficient (Wildman–Crippen LogP) is 5.20. The Hall–Kier alpha value is -3.01. The lowest BCUT2D eigenvalue weighted by Crippen LogP contribution is -2.54. The number of rotatable bonds is 11. The van der Waals surface area contributed by atoms with Crippen LogP contribution < -0.4 is 0 Å². The van der Waals surface area contributed by atoms with Gasteiger partial charge in [-0.3, -0.25) is 19.5 Å². The molecular formula is C34H49N7O2. The third-order valence-corrected chi connectivity index (χ3v) is 10.9. The highest BCUT2D eigenvalue weighted by Crippen LogP contribution is 2.47. The summed E-state index contributed by atoms with van der Waals surface area (Å²) < 4.78 is 2.06. The number of imidazole rings is 2. The average Bonchev–Trinajstić information content (AvgIpc) is 3.76. The maximum absolute atomic E-state index is 12.4. The highest BCUT2D eigenvalue weighted by molar-refractivity contribution is 5.74. The van der Waals surface area contributed by atoms with Crippen LogP contribution in [0.1, 0.15) is 87.5 Å². The normalized spacial score (nSPS) is 22.4. The van der Waals surface area contributed by atoms with Gasteiger partial charge in [-0.1, -0.05) is 50.5 Å². The van der Waals surface area contributed by atoms with Gasteiger partial charge in [-0.15, -0.1) is 0 Å². The van der Waals surface area contributed by atoms with E-state index in [4.69, 9.17) is 0 Å². The molecule has 4 heterocycles. The fourth-order valence-electron chi connectivity index (χ4n) is 8.23. The largest absolute Gasteiger partial charge is 0.480 e. The van der Waals surface area contributed by atoms with Crippen molar-refractivity contribution < 1.29 is 9.90 Å². The molecule has 3 aliphatic rings. The molecule has 2 saturated heterocycles. The van der Waals surface area contributed by atoms with Crippen molar-refractivity contribution in [3.05, 3.63) is 71.8 Å². The third kappa shape index (κ3) is 6.74. The molecule has 0 radical (unpaired) electrons. The van der Waals surface area contributed by atoms with E-state index in [0.29, 0.717) is 18.6 Å². The molecule has 2 aromatic heterocycles. The number of likely N-dealkylation sites (tertiary alicyclic amines) is 2. The molecule has 3 aromatic rings. The summed E-state index contributed by atoms with van der Waals surface area (Å²) >= 11 is 0. The third-order valence-electron chi connectivity index (χ3n) is 10.9. The average molecular weight is 588 g/mol. The summed E-state index contributed by atoms with van der Waals surface area (Å²) in [4.78, 5) is 32.0. The number of aliphatic carboxylic acids is 1. The van der Waals surface area contributed by atoms with E-state index in [2.05, 4.69) is 65.4 Å². The summed E-state index contributed by atoms with van der Waals surface area (Å²) in [5.74, 6) is 1.28. The van der Waals surface area contributed by atoms with Gasteiger partial charge in [0.1, 0.15) is 17.7 Å². The smallest absolute Gasteiger partial charge is 0.320 e. The molecule has 6 rings (SSSR count). The van der Waals surface area contributed by atoms with Crippen molar-refractivity contribution >= 4 is 5.97 Å². The molecule has 1 atom stereocenters. The maximum Gasteiger partial charge on any atom is 0.320 e. The second kappa shape index (κ2) is 12.9. The van der Waals surface area contributed by atoms with Crippen LogP contribution in [-0.2, 0) is 38.0 Å². The highest BCUT2D eigenvalue weighted by atomic mass is 16.4. The van der Waals surface area contributed by atoms with Gasteiger partial charge in [0, 0.05) is 57.0 Å². The van der Waals surface area contributed by atoms with Crippen molar-refractivity contribution in [2.24, 2.45) is 12.5 Å². The molecule has 0 amide bonds. The topological polar surface area (TPSA) is 93.5 Å². The summed E-state index contributed by atoms with van der Waals surface area (Å²) in [5.41, 5.74) is 2.91. The summed E-state index contributed by atoms with van der Waals surface area (Å²) in [7, 11) is 2.02. The van der Waals surface area contributed by atoms with E-state index in [1.54, 1.807) is 6.20 Å². The van der Waals surface area contributed by atoms with Gasteiger partial charge < -0.3 is 14.7 Å². The lowest BCUT2D eigenvalue weighted by molar-refractivity contribution is -0.142. The number of carboxylic acids is 1. The Balaban J connectivity index is 1.09. The zero-order valence-electron chi connectivity index (χ0n) is 26.0. The van der Waals surface area contributed by atoms with E-state index in [1.807, 2.05) is 25.6 Å². The minimum Gasteiger partial charge on any atom is -0.480 e. The van der Waals surface area contributed by atoms with Crippen molar-refractivity contribution in [3.8, 4) is 0 Å². The predicted molar refractivity (Wildman–Crippen MR) is 167 cm³/mol. The molecule has 2 aliphatic heterocycles. The number of nitrogens with zero attached hydrogens (tertiary/aromatic N) is 6. The maximum atomic E-state index is 12.4. The molecule has 1 aromatic carbocycles. The van der Waals surface area contributed by atoms with Gasteiger partial charge >= 0.3 is 5.97 Å². The van der Waals surface area contributed by atoms with Gasteiger partial charge in [0.15, 0.2) is 0 Å². The number of carboxylic acid groups (broad SMARTS) is 1. The zero-order valence-corrected chi connectivity index (χ0v) is 26.0. The fourth-order valence-corrected chi connectivity index (χ4v) is 8.23. The van der Waals surface area contributed by atoms with Crippen molar-refractivity contribution in [1.29, 1.82) is 0 Å². The number of piperidine rings is 1. The number of aromatic amines is 1. The molecule has 9 nitrogen and oxygen atoms in total. The Bertz CT molecular complexity index is 1320. The van der Waals surface area contributed by atoms with E-state index in [-0.39, 0.29) is 5.41 Å². The number of aryl methyl sites for hydroxylation is 1. The number of hydrogen-bond acceptors (Lipinski definition) is 6. The number of carbonyl (C=O) groups is 1. The van der Waals surface area contributed by atoms with Gasteiger partial charge in [-0.25, -0.2) is 9.97 Å². The first-order chi connectivity index (χ1) is 20.9. The van der Waals surface area contributed by atoms with Crippen LogP contribution in [0.3, 0.4) is 0 Å². The Labute approximate surface area is 256 Å². The van der Waals surface area contributed by atoms with Crippen LogP contribution in [0.5, 0.6) is 0 Å². The number of H-pyrrole nitrogens is 1. The highest BCUT2D eigenvalue weighted by Gasteiger charge is 2.50. The number of benzene rings is 1. The molecule has 1 spiro atoms. The van der Waals surface area contributed by atoms with Crippen LogP contribution in [0.15, 0.2) is 49.1 Å². The minimum atomic E-state index is -0.670. The van der Waals surface area contributed by atoms with Gasteiger partial charge in [-0.2, -0.15) is 0 Å². The van der Waals surface area contributed by atoms with Crippen LogP contribution in [0, 0.1) is 5.41 Å². The lowest BCUT2D eigenvalue weighted by atomic mass is 9.72. The molecule has 9 heteroatoms. The van der Waals surface area contributed by atoms with Gasteiger partial charge in [0.2, 0.25) is 0 Å². The molecule has 43 heavy (non-hydrogen) atoms. The number of aromatic nitrogens is 4. The standard InChI is InChI=1S/C34H49N7O2/c1-3-34(11-5-4-6-12-34)41-18-13-33(14-19-41)21-29(32(42)43)40(26-33)23-28-9-7-27(8-10-28)22-39(24-30-35-15-16-36-30)25-31-37-17-20-38(31)2/h7-10,15-17,20,29H,3-6,11-14,18-19,21-26H2,1-2H3,(H,35,36)(H,42,43)/t29-/m1/s1. The molecular weight excluding hydrogens is 538 g/mol.